The molecule has 7 heteroatoms. The summed E-state index contributed by atoms with van der Waals surface area (Å²) >= 11 is 0. The van der Waals surface area contributed by atoms with Crippen LogP contribution in [-0.2, 0) is 19.1 Å². The summed E-state index contributed by atoms with van der Waals surface area (Å²) in [6, 6.07) is 8.65. The van der Waals surface area contributed by atoms with Crippen molar-refractivity contribution in [2.24, 2.45) is 40.9 Å². The summed E-state index contributed by atoms with van der Waals surface area (Å²) in [6.07, 6.45) is 3.76. The van der Waals surface area contributed by atoms with Crippen molar-refractivity contribution in [2.75, 3.05) is 6.61 Å². The van der Waals surface area contributed by atoms with Crippen LogP contribution in [0.5, 0.6) is 0 Å². The summed E-state index contributed by atoms with van der Waals surface area (Å²) in [5, 5.41) is 23.0. The smallest absolute Gasteiger partial charge is 0.338 e. The van der Waals surface area contributed by atoms with Crippen LogP contribution in [0.3, 0.4) is 0 Å². The number of allylic oxidation sites excluding steroid dienone is 1. The van der Waals surface area contributed by atoms with Crippen molar-refractivity contribution in [1.82, 2.24) is 0 Å². The Morgan fingerprint density at radius 1 is 1.13 bits per heavy atom. The molecule has 0 bridgehead atoms. The molecule has 0 saturated heterocycles. The molecule has 39 heavy (non-hydrogen) atoms. The van der Waals surface area contributed by atoms with Crippen LogP contribution in [0.25, 0.3) is 0 Å². The van der Waals surface area contributed by atoms with E-state index in [0.717, 1.165) is 0 Å². The van der Waals surface area contributed by atoms with Crippen LogP contribution < -0.4 is 0 Å². The van der Waals surface area contributed by atoms with Gasteiger partial charge in [0.15, 0.2) is 11.4 Å². The van der Waals surface area contributed by atoms with E-state index >= 15 is 0 Å². The van der Waals surface area contributed by atoms with E-state index in [1.165, 1.54) is 0 Å². The summed E-state index contributed by atoms with van der Waals surface area (Å²) < 4.78 is 12.7. The molecule has 0 heterocycles. The largest absolute Gasteiger partial charge is 0.454 e. The SMILES string of the molecule is CC[C@H](C)C(=O)O[C@@]12[C@H](OC(=O)c3ccccc3)[C@@H](C)[C@]3(O)[C@@H]4C=C(C)C(=O)[C@@H]4CC(CO)=C[C@H]3[C@@H]1C2(C)C. The van der Waals surface area contributed by atoms with Gasteiger partial charge in [0, 0.05) is 35.0 Å². The van der Waals surface area contributed by atoms with E-state index in [-0.39, 0.29) is 24.3 Å². The Hall–Kier alpha value is -2.77. The van der Waals surface area contributed by atoms with Crippen molar-refractivity contribution in [1.29, 1.82) is 0 Å². The Kier molecular flexibility index (Phi) is 6.70. The van der Waals surface area contributed by atoms with Gasteiger partial charge in [-0.1, -0.05) is 65.0 Å². The zero-order valence-electron chi connectivity index (χ0n) is 23.6. The minimum atomic E-state index is -1.47. The lowest BCUT2D eigenvalue weighted by Crippen LogP contribution is -2.63. The lowest BCUT2D eigenvalue weighted by molar-refractivity contribution is -0.210. The molecular formula is C32H40O7. The number of fused-ring (bicyclic) bond motifs is 5. The fourth-order valence-electron chi connectivity index (χ4n) is 7.95. The number of aliphatic hydroxyl groups is 2. The van der Waals surface area contributed by atoms with Crippen molar-refractivity contribution in [3.8, 4) is 0 Å². The standard InChI is InChI=1S/C32H40O7/c1-7-17(2)28(35)39-32-26(30(32,5)6)24-15-20(16-33)14-22-23(13-18(3)25(22)34)31(24,37)19(4)27(32)38-29(36)21-11-9-8-10-12-21/h8-13,15,17,19,22-24,26-27,33,37H,7,14,16H2,1-6H3/t17-,19+,22+,23+,24-,26+,27+,31-,32+/m0/s1. The maximum atomic E-state index is 13.5. The molecule has 9 atom stereocenters. The number of Topliss-reactive ketones (excluding diaryl/α,β-unsaturated/α-hetero) is 1. The van der Waals surface area contributed by atoms with Gasteiger partial charge in [0.2, 0.25) is 0 Å². The van der Waals surface area contributed by atoms with Gasteiger partial charge in [0.1, 0.15) is 6.10 Å². The zero-order valence-corrected chi connectivity index (χ0v) is 23.6. The van der Waals surface area contributed by atoms with Crippen LogP contribution in [0.2, 0.25) is 0 Å². The van der Waals surface area contributed by atoms with Crippen molar-refractivity contribution < 1.29 is 34.1 Å². The number of carbonyl (C=O) groups excluding carboxylic acids is 3. The molecule has 0 aliphatic heterocycles. The third kappa shape index (κ3) is 3.80. The van der Waals surface area contributed by atoms with Gasteiger partial charge in [-0.15, -0.1) is 0 Å². The number of hydrogen-bond acceptors (Lipinski definition) is 7. The number of esters is 2. The first-order valence-electron chi connectivity index (χ1n) is 14.1. The minimum Gasteiger partial charge on any atom is -0.454 e. The van der Waals surface area contributed by atoms with Crippen molar-refractivity contribution >= 4 is 17.7 Å². The maximum absolute atomic E-state index is 13.5. The van der Waals surface area contributed by atoms with E-state index in [4.69, 9.17) is 9.47 Å². The summed E-state index contributed by atoms with van der Waals surface area (Å²) in [7, 11) is 0. The second kappa shape index (κ2) is 9.41. The number of ether oxygens (including phenoxy) is 2. The van der Waals surface area contributed by atoms with Crippen molar-refractivity contribution in [3.63, 3.8) is 0 Å². The Labute approximate surface area is 230 Å². The predicted molar refractivity (Wildman–Crippen MR) is 144 cm³/mol. The second-order valence-corrected chi connectivity index (χ2v) is 12.6. The molecule has 1 aromatic rings. The van der Waals surface area contributed by atoms with E-state index in [2.05, 4.69) is 0 Å². The van der Waals surface area contributed by atoms with Gasteiger partial charge in [-0.25, -0.2) is 4.79 Å². The molecule has 2 saturated carbocycles. The van der Waals surface area contributed by atoms with Gasteiger partial charge in [-0.2, -0.15) is 0 Å². The van der Waals surface area contributed by atoms with E-state index in [1.54, 1.807) is 31.2 Å². The third-order valence-electron chi connectivity index (χ3n) is 10.4. The topological polar surface area (TPSA) is 110 Å². The van der Waals surface area contributed by atoms with Crippen LogP contribution in [-0.4, -0.2) is 51.8 Å². The van der Waals surface area contributed by atoms with Gasteiger partial charge >= 0.3 is 11.9 Å². The average Bonchev–Trinajstić information content (AvgIpc) is 3.32. The highest BCUT2D eigenvalue weighted by molar-refractivity contribution is 6.00. The van der Waals surface area contributed by atoms with E-state index in [9.17, 15) is 24.6 Å². The van der Waals surface area contributed by atoms with E-state index < -0.39 is 58.3 Å². The second-order valence-electron chi connectivity index (χ2n) is 12.6. The Balaban J connectivity index is 1.67. The molecule has 1 aromatic carbocycles. The molecule has 4 aliphatic carbocycles. The molecule has 210 valence electrons. The predicted octanol–water partition coefficient (Wildman–Crippen LogP) is 4.28. The summed E-state index contributed by atoms with van der Waals surface area (Å²) in [6.45, 7) is 11.1. The summed E-state index contributed by atoms with van der Waals surface area (Å²) in [5.74, 6) is -3.94. The van der Waals surface area contributed by atoms with Gasteiger partial charge < -0.3 is 19.7 Å². The van der Waals surface area contributed by atoms with Crippen molar-refractivity contribution in [2.45, 2.75) is 71.7 Å². The van der Waals surface area contributed by atoms with Gasteiger partial charge in [-0.05, 0) is 43.0 Å². The fraction of sp³-hybridized carbons (Fsp3) is 0.594. The Morgan fingerprint density at radius 2 is 1.79 bits per heavy atom. The highest BCUT2D eigenvalue weighted by Gasteiger charge is 2.87. The highest BCUT2D eigenvalue weighted by atomic mass is 16.6. The van der Waals surface area contributed by atoms with Crippen molar-refractivity contribution in [3.05, 3.63) is 59.2 Å². The Bertz CT molecular complexity index is 1250. The van der Waals surface area contributed by atoms with Crippen LogP contribution >= 0.6 is 0 Å². The van der Waals surface area contributed by atoms with E-state index in [1.807, 2.05) is 52.8 Å². The zero-order chi connectivity index (χ0) is 28.5. The number of benzene rings is 1. The Morgan fingerprint density at radius 3 is 2.41 bits per heavy atom. The molecule has 0 aromatic heterocycles. The molecule has 4 aliphatic rings. The van der Waals surface area contributed by atoms with Gasteiger partial charge in [-0.3, -0.25) is 9.59 Å². The number of carbonyl (C=O) groups is 3. The third-order valence-corrected chi connectivity index (χ3v) is 10.4. The number of rotatable bonds is 6. The van der Waals surface area contributed by atoms with Crippen LogP contribution in [0.4, 0.5) is 0 Å². The number of hydrogen-bond donors (Lipinski definition) is 2. The molecule has 0 spiro atoms. The van der Waals surface area contributed by atoms with E-state index in [0.29, 0.717) is 29.6 Å². The number of ketones is 1. The van der Waals surface area contributed by atoms with Crippen LogP contribution in [0.1, 0.15) is 64.7 Å². The maximum Gasteiger partial charge on any atom is 0.338 e. The molecular weight excluding hydrogens is 496 g/mol. The normalized spacial score (nSPS) is 38.7. The summed E-state index contributed by atoms with van der Waals surface area (Å²) in [5.41, 5.74) is -1.64. The molecule has 0 amide bonds. The first-order valence-corrected chi connectivity index (χ1v) is 14.1. The molecule has 2 N–H and O–H groups in total. The van der Waals surface area contributed by atoms with Crippen LogP contribution in [0.15, 0.2) is 53.6 Å². The quantitative estimate of drug-likeness (QED) is 0.413. The molecule has 0 radical (unpaired) electrons. The minimum absolute atomic E-state index is 0.0338. The van der Waals surface area contributed by atoms with Crippen LogP contribution in [0, 0.1) is 40.9 Å². The monoisotopic (exact) mass is 536 g/mol. The lowest BCUT2D eigenvalue weighted by Gasteiger charge is -2.52. The fourth-order valence-corrected chi connectivity index (χ4v) is 7.95. The first-order chi connectivity index (χ1) is 18.4. The molecule has 7 nitrogen and oxygen atoms in total. The average molecular weight is 537 g/mol. The lowest BCUT2D eigenvalue weighted by atomic mass is 9.59. The number of aliphatic hydroxyl groups excluding tert-OH is 1. The summed E-state index contributed by atoms with van der Waals surface area (Å²) in [4.78, 5) is 40.0. The molecule has 5 rings (SSSR count). The highest BCUT2D eigenvalue weighted by Crippen LogP contribution is 2.77. The first kappa shape index (κ1) is 27.8. The van der Waals surface area contributed by atoms with Gasteiger partial charge in [0.05, 0.1) is 23.7 Å². The van der Waals surface area contributed by atoms with Gasteiger partial charge in [0.25, 0.3) is 0 Å². The molecule has 2 fully saturated rings. The molecule has 0 unspecified atom stereocenters.